The maximum atomic E-state index is 12.0. The van der Waals surface area contributed by atoms with E-state index < -0.39 is 11.6 Å². The average Bonchev–Trinajstić information content (AvgIpc) is 2.19. The van der Waals surface area contributed by atoms with Crippen LogP contribution < -0.4 is 10.5 Å². The number of esters is 1. The summed E-state index contributed by atoms with van der Waals surface area (Å²) in [5.74, 6) is -0.0897. The van der Waals surface area contributed by atoms with Crippen LogP contribution in [0.15, 0.2) is 16.6 Å². The molecule has 0 aliphatic rings. The van der Waals surface area contributed by atoms with E-state index in [1.165, 1.54) is 7.11 Å². The minimum absolute atomic E-state index is 0.247. The first-order chi connectivity index (χ1) is 7.76. The highest BCUT2D eigenvalue weighted by molar-refractivity contribution is 9.10. The molecule has 0 bridgehead atoms. The highest BCUT2D eigenvalue weighted by Gasteiger charge is 2.24. The highest BCUT2D eigenvalue weighted by Crippen LogP contribution is 2.32. The Kier molecular flexibility index (Phi) is 4.03. The van der Waals surface area contributed by atoms with Gasteiger partial charge in [0.05, 0.1) is 12.8 Å². The predicted octanol–water partition coefficient (Wildman–Crippen LogP) is 3.00. The van der Waals surface area contributed by atoms with E-state index in [4.69, 9.17) is 15.2 Å². The molecule has 0 heterocycles. The predicted molar refractivity (Wildman–Crippen MR) is 70.3 cm³/mol. The van der Waals surface area contributed by atoms with Crippen LogP contribution in [0.5, 0.6) is 5.75 Å². The van der Waals surface area contributed by atoms with Crippen molar-refractivity contribution in [3.8, 4) is 5.75 Å². The standard InChI is InChI=1S/C12H16BrNO3/c1-12(2,3)17-11(15)9-8(16-4)6-5-7(13)10(9)14/h5-6H,14H2,1-4H3. The summed E-state index contributed by atoms with van der Waals surface area (Å²) < 4.78 is 11.0. The van der Waals surface area contributed by atoms with Crippen molar-refractivity contribution in [2.75, 3.05) is 12.8 Å². The SMILES string of the molecule is COc1ccc(Br)c(N)c1C(=O)OC(C)(C)C. The normalized spacial score (nSPS) is 11.1. The Morgan fingerprint density at radius 2 is 1.94 bits per heavy atom. The average molecular weight is 302 g/mol. The van der Waals surface area contributed by atoms with Crippen LogP contribution in [0.3, 0.4) is 0 Å². The van der Waals surface area contributed by atoms with E-state index in [9.17, 15) is 4.79 Å². The second-order valence-corrected chi connectivity index (χ2v) is 5.39. The van der Waals surface area contributed by atoms with Gasteiger partial charge in [0.15, 0.2) is 0 Å². The van der Waals surface area contributed by atoms with E-state index in [0.717, 1.165) is 0 Å². The number of carbonyl (C=O) groups excluding carboxylic acids is 1. The van der Waals surface area contributed by atoms with Gasteiger partial charge in [0.1, 0.15) is 16.9 Å². The Bertz CT molecular complexity index is 438. The summed E-state index contributed by atoms with van der Waals surface area (Å²) in [6.45, 7) is 5.39. The molecule has 0 saturated carbocycles. The first-order valence-corrected chi connectivity index (χ1v) is 5.91. The van der Waals surface area contributed by atoms with Gasteiger partial charge < -0.3 is 15.2 Å². The number of nitrogen functional groups attached to an aromatic ring is 1. The van der Waals surface area contributed by atoms with Gasteiger partial charge in [-0.2, -0.15) is 0 Å². The first kappa shape index (κ1) is 13.8. The zero-order chi connectivity index (χ0) is 13.2. The molecule has 0 spiro atoms. The number of benzene rings is 1. The van der Waals surface area contributed by atoms with Crippen molar-refractivity contribution in [2.45, 2.75) is 26.4 Å². The van der Waals surface area contributed by atoms with Crippen molar-refractivity contribution in [3.63, 3.8) is 0 Å². The minimum Gasteiger partial charge on any atom is -0.496 e. The third-order valence-electron chi connectivity index (χ3n) is 1.98. The molecule has 0 amide bonds. The van der Waals surface area contributed by atoms with Crippen LogP contribution in [0.1, 0.15) is 31.1 Å². The molecule has 0 radical (unpaired) electrons. The minimum atomic E-state index is -0.573. The number of halogens is 1. The molecule has 0 aliphatic heterocycles. The van der Waals surface area contributed by atoms with Gasteiger partial charge in [0.2, 0.25) is 0 Å². The molecule has 0 aliphatic carbocycles. The fourth-order valence-corrected chi connectivity index (χ4v) is 1.61. The third kappa shape index (κ3) is 3.36. The van der Waals surface area contributed by atoms with Crippen LogP contribution in [-0.2, 0) is 4.74 Å². The van der Waals surface area contributed by atoms with E-state index in [2.05, 4.69) is 15.9 Å². The molecule has 94 valence electrons. The summed E-state index contributed by atoms with van der Waals surface area (Å²) in [5, 5.41) is 0. The molecule has 1 aromatic carbocycles. The smallest absolute Gasteiger partial charge is 0.344 e. The van der Waals surface area contributed by atoms with Gasteiger partial charge in [-0.05, 0) is 48.8 Å². The van der Waals surface area contributed by atoms with Gasteiger partial charge in [-0.3, -0.25) is 0 Å². The number of ether oxygens (including phenoxy) is 2. The number of anilines is 1. The lowest BCUT2D eigenvalue weighted by Gasteiger charge is -2.21. The fourth-order valence-electron chi connectivity index (χ4n) is 1.28. The molecule has 0 atom stereocenters. The van der Waals surface area contributed by atoms with E-state index in [0.29, 0.717) is 15.9 Å². The number of methoxy groups -OCH3 is 1. The van der Waals surface area contributed by atoms with E-state index >= 15 is 0 Å². The van der Waals surface area contributed by atoms with Crippen molar-refractivity contribution in [1.29, 1.82) is 0 Å². The summed E-state index contributed by atoms with van der Waals surface area (Å²) >= 11 is 3.27. The second-order valence-electron chi connectivity index (χ2n) is 4.54. The molecule has 0 fully saturated rings. The maximum absolute atomic E-state index is 12.0. The van der Waals surface area contributed by atoms with Crippen molar-refractivity contribution >= 4 is 27.6 Å². The maximum Gasteiger partial charge on any atom is 0.344 e. The molecular formula is C12H16BrNO3. The molecule has 0 saturated heterocycles. The molecule has 4 nitrogen and oxygen atoms in total. The Balaban J connectivity index is 3.20. The van der Waals surface area contributed by atoms with Crippen LogP contribution in [0, 0.1) is 0 Å². The molecule has 1 rings (SSSR count). The van der Waals surface area contributed by atoms with Gasteiger partial charge in [-0.15, -0.1) is 0 Å². The van der Waals surface area contributed by atoms with Crippen molar-refractivity contribution in [2.24, 2.45) is 0 Å². The zero-order valence-corrected chi connectivity index (χ0v) is 11.9. The fraction of sp³-hybridized carbons (Fsp3) is 0.417. The van der Waals surface area contributed by atoms with Gasteiger partial charge in [-0.25, -0.2) is 4.79 Å². The van der Waals surface area contributed by atoms with Gasteiger partial charge >= 0.3 is 5.97 Å². The number of carbonyl (C=O) groups is 1. The summed E-state index contributed by atoms with van der Waals surface area (Å²) in [6.07, 6.45) is 0. The lowest BCUT2D eigenvalue weighted by molar-refractivity contribution is 0.00678. The zero-order valence-electron chi connectivity index (χ0n) is 10.3. The van der Waals surface area contributed by atoms with E-state index in [1.807, 2.05) is 0 Å². The summed E-state index contributed by atoms with van der Waals surface area (Å²) in [7, 11) is 1.48. The lowest BCUT2D eigenvalue weighted by atomic mass is 10.1. The summed E-state index contributed by atoms with van der Waals surface area (Å²) in [5.41, 5.74) is 5.84. The Morgan fingerprint density at radius 1 is 1.35 bits per heavy atom. The molecule has 2 N–H and O–H groups in total. The van der Waals surface area contributed by atoms with Crippen LogP contribution in [0.4, 0.5) is 5.69 Å². The van der Waals surface area contributed by atoms with Crippen LogP contribution >= 0.6 is 15.9 Å². The Hall–Kier alpha value is -1.23. The van der Waals surface area contributed by atoms with Crippen LogP contribution in [-0.4, -0.2) is 18.7 Å². The molecule has 17 heavy (non-hydrogen) atoms. The van der Waals surface area contributed by atoms with Crippen LogP contribution in [0.25, 0.3) is 0 Å². The monoisotopic (exact) mass is 301 g/mol. The molecule has 0 aromatic heterocycles. The summed E-state index contributed by atoms with van der Waals surface area (Å²) in [6, 6.07) is 3.39. The van der Waals surface area contributed by atoms with E-state index in [1.54, 1.807) is 32.9 Å². The van der Waals surface area contributed by atoms with Gasteiger partial charge in [0, 0.05) is 4.47 Å². The lowest BCUT2D eigenvalue weighted by Crippen LogP contribution is -2.24. The third-order valence-corrected chi connectivity index (χ3v) is 2.67. The van der Waals surface area contributed by atoms with Gasteiger partial charge in [0.25, 0.3) is 0 Å². The van der Waals surface area contributed by atoms with Gasteiger partial charge in [-0.1, -0.05) is 0 Å². The Labute approximate surface area is 109 Å². The van der Waals surface area contributed by atoms with Crippen molar-refractivity contribution in [3.05, 3.63) is 22.2 Å². The molecule has 1 aromatic rings. The summed E-state index contributed by atoms with van der Waals surface area (Å²) in [4.78, 5) is 12.0. The first-order valence-electron chi connectivity index (χ1n) is 5.11. The largest absolute Gasteiger partial charge is 0.496 e. The second kappa shape index (κ2) is 4.96. The highest BCUT2D eigenvalue weighted by atomic mass is 79.9. The number of hydrogen-bond acceptors (Lipinski definition) is 4. The van der Waals surface area contributed by atoms with Crippen molar-refractivity contribution < 1.29 is 14.3 Å². The topological polar surface area (TPSA) is 61.5 Å². The quantitative estimate of drug-likeness (QED) is 0.674. The molecular weight excluding hydrogens is 286 g/mol. The number of rotatable bonds is 2. The molecule has 5 heteroatoms. The van der Waals surface area contributed by atoms with Crippen LogP contribution in [0.2, 0.25) is 0 Å². The van der Waals surface area contributed by atoms with Crippen molar-refractivity contribution in [1.82, 2.24) is 0 Å². The number of hydrogen-bond donors (Lipinski definition) is 1. The molecule has 0 unspecified atom stereocenters. The number of nitrogens with two attached hydrogens (primary N) is 1. The Morgan fingerprint density at radius 3 is 2.41 bits per heavy atom. The van der Waals surface area contributed by atoms with E-state index in [-0.39, 0.29) is 5.56 Å².